The van der Waals surface area contributed by atoms with E-state index in [1.807, 2.05) is 35.9 Å². The van der Waals surface area contributed by atoms with E-state index in [1.165, 1.54) is 0 Å². The molecule has 0 saturated heterocycles. The minimum atomic E-state index is -0.838. The molecule has 0 amide bonds. The van der Waals surface area contributed by atoms with Crippen molar-refractivity contribution in [2.24, 2.45) is 0 Å². The smallest absolute Gasteiger partial charge is 0.303 e. The van der Waals surface area contributed by atoms with Gasteiger partial charge in [0.1, 0.15) is 0 Å². The van der Waals surface area contributed by atoms with Gasteiger partial charge in [-0.1, -0.05) is 24.6 Å². The van der Waals surface area contributed by atoms with Crippen LogP contribution in [-0.4, -0.2) is 20.7 Å². The number of hydrogen-bond acceptors (Lipinski definition) is 3. The summed E-state index contributed by atoms with van der Waals surface area (Å²) in [6, 6.07) is 4.15. The van der Waals surface area contributed by atoms with Gasteiger partial charge in [-0.3, -0.25) is 4.79 Å². The number of dihydropyridines is 1. The zero-order chi connectivity index (χ0) is 18.7. The van der Waals surface area contributed by atoms with Gasteiger partial charge >= 0.3 is 5.97 Å². The SMILES string of the molecule is CCc1ccc2c(C3(Cl)C=CC=CN3)c(CCCCC(=O)O)c(C)nn12. The van der Waals surface area contributed by atoms with Gasteiger partial charge in [0.15, 0.2) is 5.00 Å². The van der Waals surface area contributed by atoms with E-state index in [4.69, 9.17) is 21.8 Å². The van der Waals surface area contributed by atoms with Crippen LogP contribution in [0, 0.1) is 6.92 Å². The summed E-state index contributed by atoms with van der Waals surface area (Å²) in [7, 11) is 0. The monoisotopic (exact) mass is 373 g/mol. The van der Waals surface area contributed by atoms with E-state index in [2.05, 4.69) is 24.4 Å². The van der Waals surface area contributed by atoms with Gasteiger partial charge in [0.2, 0.25) is 0 Å². The normalized spacial score (nSPS) is 19.0. The van der Waals surface area contributed by atoms with Crippen LogP contribution < -0.4 is 5.32 Å². The van der Waals surface area contributed by atoms with Crippen molar-refractivity contribution in [3.05, 3.63) is 59.1 Å². The number of carboxylic acids is 1. The Labute approximate surface area is 158 Å². The van der Waals surface area contributed by atoms with Crippen molar-refractivity contribution in [1.82, 2.24) is 14.9 Å². The second-order valence-corrected chi connectivity index (χ2v) is 7.19. The largest absolute Gasteiger partial charge is 0.481 e. The molecule has 0 spiro atoms. The number of aromatic nitrogens is 2. The summed E-state index contributed by atoms with van der Waals surface area (Å²) in [5.41, 5.74) is 5.15. The fourth-order valence-electron chi connectivity index (χ4n) is 3.50. The van der Waals surface area contributed by atoms with Crippen LogP contribution >= 0.6 is 11.6 Å². The molecule has 0 aromatic carbocycles. The Morgan fingerprint density at radius 2 is 2.15 bits per heavy atom. The predicted molar refractivity (Wildman–Crippen MR) is 103 cm³/mol. The second-order valence-electron chi connectivity index (χ2n) is 6.59. The molecule has 1 atom stereocenters. The van der Waals surface area contributed by atoms with Crippen LogP contribution in [-0.2, 0) is 22.6 Å². The molecule has 1 aliphatic rings. The number of carbonyl (C=O) groups is 1. The maximum atomic E-state index is 10.8. The molecule has 1 aliphatic heterocycles. The van der Waals surface area contributed by atoms with Crippen LogP contribution in [0.4, 0.5) is 0 Å². The van der Waals surface area contributed by atoms with E-state index in [9.17, 15) is 4.79 Å². The summed E-state index contributed by atoms with van der Waals surface area (Å²) < 4.78 is 1.98. The lowest BCUT2D eigenvalue weighted by Crippen LogP contribution is -2.35. The maximum Gasteiger partial charge on any atom is 0.303 e. The van der Waals surface area contributed by atoms with Crippen LogP contribution in [0.5, 0.6) is 0 Å². The molecule has 0 fully saturated rings. The van der Waals surface area contributed by atoms with Crippen molar-refractivity contribution in [3.63, 3.8) is 0 Å². The summed E-state index contributed by atoms with van der Waals surface area (Å²) in [5.74, 6) is -0.759. The first-order chi connectivity index (χ1) is 12.5. The number of rotatable bonds is 7. The lowest BCUT2D eigenvalue weighted by molar-refractivity contribution is -0.137. The van der Waals surface area contributed by atoms with Crippen molar-refractivity contribution < 1.29 is 9.90 Å². The zero-order valence-corrected chi connectivity index (χ0v) is 15.9. The Kier molecular flexibility index (Phi) is 5.37. The van der Waals surface area contributed by atoms with Crippen molar-refractivity contribution >= 4 is 23.1 Å². The number of carboxylic acid groups (broad SMARTS) is 1. The Morgan fingerprint density at radius 3 is 2.81 bits per heavy atom. The van der Waals surface area contributed by atoms with Crippen molar-refractivity contribution in [3.8, 4) is 0 Å². The minimum absolute atomic E-state index is 0.183. The number of alkyl halides is 1. The third kappa shape index (κ3) is 3.49. The van der Waals surface area contributed by atoms with Gasteiger partial charge in [-0.05, 0) is 68.7 Å². The number of nitrogens with one attached hydrogen (secondary N) is 1. The number of nitrogens with zero attached hydrogens (tertiary/aromatic N) is 2. The van der Waals surface area contributed by atoms with E-state index < -0.39 is 11.0 Å². The van der Waals surface area contributed by atoms with E-state index in [1.54, 1.807) is 0 Å². The average Bonchev–Trinajstić information content (AvgIpc) is 3.01. The van der Waals surface area contributed by atoms with E-state index >= 15 is 0 Å². The average molecular weight is 374 g/mol. The van der Waals surface area contributed by atoms with Gasteiger partial charge in [0.25, 0.3) is 0 Å². The molecule has 5 nitrogen and oxygen atoms in total. The summed E-state index contributed by atoms with van der Waals surface area (Å²) >= 11 is 6.99. The highest BCUT2D eigenvalue weighted by Crippen LogP contribution is 2.37. The fraction of sp³-hybridized carbons (Fsp3) is 0.400. The van der Waals surface area contributed by atoms with Crippen LogP contribution in [0.2, 0.25) is 0 Å². The molecule has 3 heterocycles. The topological polar surface area (TPSA) is 66.6 Å². The first kappa shape index (κ1) is 18.5. The van der Waals surface area contributed by atoms with Gasteiger partial charge < -0.3 is 10.4 Å². The Morgan fingerprint density at radius 1 is 1.35 bits per heavy atom. The molecule has 1 unspecified atom stereocenters. The van der Waals surface area contributed by atoms with Gasteiger partial charge in [-0.15, -0.1) is 0 Å². The molecule has 0 bridgehead atoms. The highest BCUT2D eigenvalue weighted by atomic mass is 35.5. The summed E-state index contributed by atoms with van der Waals surface area (Å²) in [4.78, 5) is 9.95. The molecule has 138 valence electrons. The highest BCUT2D eigenvalue weighted by Gasteiger charge is 2.33. The number of allylic oxidation sites excluding steroid dienone is 2. The van der Waals surface area contributed by atoms with Gasteiger partial charge in [-0.25, -0.2) is 4.52 Å². The van der Waals surface area contributed by atoms with E-state index in [-0.39, 0.29) is 6.42 Å². The Hall–Kier alpha value is -2.27. The summed E-state index contributed by atoms with van der Waals surface area (Å²) in [6.45, 7) is 4.10. The number of fused-ring (bicyclic) bond motifs is 1. The number of unbranched alkanes of at least 4 members (excludes halogenated alkanes) is 1. The molecule has 2 aromatic heterocycles. The molecule has 3 rings (SSSR count). The first-order valence-electron chi connectivity index (χ1n) is 8.99. The number of aliphatic carboxylic acids is 1. The van der Waals surface area contributed by atoms with Crippen LogP contribution in [0.25, 0.3) is 5.52 Å². The molecule has 0 saturated carbocycles. The van der Waals surface area contributed by atoms with Crippen LogP contribution in [0.3, 0.4) is 0 Å². The van der Waals surface area contributed by atoms with E-state index in [0.29, 0.717) is 6.42 Å². The van der Waals surface area contributed by atoms with E-state index in [0.717, 1.165) is 47.3 Å². The minimum Gasteiger partial charge on any atom is -0.481 e. The number of hydrogen-bond donors (Lipinski definition) is 2. The molecule has 26 heavy (non-hydrogen) atoms. The summed E-state index contributed by atoms with van der Waals surface area (Å²) in [5, 5.41) is 16.9. The Bertz CT molecular complexity index is 885. The molecule has 2 aromatic rings. The van der Waals surface area contributed by atoms with Gasteiger partial charge in [0.05, 0.1) is 11.2 Å². The second kappa shape index (κ2) is 7.54. The third-order valence-corrected chi connectivity index (χ3v) is 5.22. The third-order valence-electron chi connectivity index (χ3n) is 4.80. The molecular formula is C20H24ClN3O2. The predicted octanol–water partition coefficient (Wildman–Crippen LogP) is 4.07. The lowest BCUT2D eigenvalue weighted by atomic mass is 9.93. The molecule has 2 N–H and O–H groups in total. The van der Waals surface area contributed by atoms with Crippen LogP contribution in [0.15, 0.2) is 36.6 Å². The fourth-order valence-corrected chi connectivity index (χ4v) is 3.85. The standard InChI is InChI=1S/C20H24ClN3O2/c1-3-15-10-11-17-19(20(21)12-6-7-13-22-20)16(14(2)23-24(15)17)8-4-5-9-18(25)26/h6-7,10-13,22H,3-5,8-9H2,1-2H3,(H,25,26). The highest BCUT2D eigenvalue weighted by molar-refractivity contribution is 6.26. The van der Waals surface area contributed by atoms with Crippen molar-refractivity contribution in [2.75, 3.05) is 0 Å². The molecule has 0 aliphatic carbocycles. The Balaban J connectivity index is 2.08. The molecule has 6 heteroatoms. The van der Waals surface area contributed by atoms with Crippen LogP contribution in [0.1, 0.15) is 48.7 Å². The molecular weight excluding hydrogens is 350 g/mol. The zero-order valence-electron chi connectivity index (χ0n) is 15.1. The summed E-state index contributed by atoms with van der Waals surface area (Å²) in [6.07, 6.45) is 10.9. The quantitative estimate of drug-likeness (QED) is 0.436. The first-order valence-corrected chi connectivity index (χ1v) is 9.37. The van der Waals surface area contributed by atoms with Crippen molar-refractivity contribution in [1.29, 1.82) is 0 Å². The lowest BCUT2D eigenvalue weighted by Gasteiger charge is -2.30. The maximum absolute atomic E-state index is 10.8. The van der Waals surface area contributed by atoms with Gasteiger partial charge in [-0.2, -0.15) is 5.10 Å². The van der Waals surface area contributed by atoms with Gasteiger partial charge in [0, 0.05) is 17.7 Å². The number of aryl methyl sites for hydroxylation is 2. The number of halogens is 1. The van der Waals surface area contributed by atoms with Crippen molar-refractivity contribution in [2.45, 2.75) is 50.9 Å². The molecule has 0 radical (unpaired) electrons.